The van der Waals surface area contributed by atoms with Crippen LogP contribution < -0.4 is 14.4 Å². The molecule has 0 bridgehead atoms. The van der Waals surface area contributed by atoms with Crippen LogP contribution in [-0.2, 0) is 14.8 Å². The smallest absolute Gasteiger partial charge is 0.245 e. The largest absolute Gasteiger partial charge is 0.489 e. The lowest BCUT2D eigenvalue weighted by Gasteiger charge is -2.22. The molecule has 0 aliphatic carbocycles. The summed E-state index contributed by atoms with van der Waals surface area (Å²) in [5.74, 6) is -0.741. The van der Waals surface area contributed by atoms with Crippen molar-refractivity contribution in [3.63, 3.8) is 0 Å². The van der Waals surface area contributed by atoms with E-state index in [9.17, 15) is 17.6 Å². The van der Waals surface area contributed by atoms with Gasteiger partial charge in [0.05, 0.1) is 17.0 Å². The maximum Gasteiger partial charge on any atom is 0.245 e. The van der Waals surface area contributed by atoms with Gasteiger partial charge in [0, 0.05) is 11.8 Å². The van der Waals surface area contributed by atoms with Gasteiger partial charge in [0.2, 0.25) is 15.9 Å². The first kappa shape index (κ1) is 20.7. The Bertz CT molecular complexity index is 950. The minimum Gasteiger partial charge on any atom is -0.489 e. The number of carbonyl (C=O) groups is 1. The molecule has 0 fully saturated rings. The van der Waals surface area contributed by atoms with E-state index >= 15 is 0 Å². The van der Waals surface area contributed by atoms with Crippen LogP contribution in [0, 0.1) is 5.82 Å². The van der Waals surface area contributed by atoms with E-state index in [1.54, 1.807) is 30.3 Å². The summed E-state index contributed by atoms with van der Waals surface area (Å²) in [6.45, 7) is 3.36. The Balaban J connectivity index is 2.17. The van der Waals surface area contributed by atoms with E-state index in [4.69, 9.17) is 16.3 Å². The lowest BCUT2D eigenvalue weighted by atomic mass is 10.3. The molecule has 0 saturated heterocycles. The molecule has 1 N–H and O–H groups in total. The van der Waals surface area contributed by atoms with Gasteiger partial charge in [-0.3, -0.25) is 9.10 Å². The predicted octanol–water partition coefficient (Wildman–Crippen LogP) is 3.45. The molecule has 0 radical (unpaired) electrons. The van der Waals surface area contributed by atoms with Gasteiger partial charge < -0.3 is 10.1 Å². The van der Waals surface area contributed by atoms with Crippen molar-refractivity contribution in [1.29, 1.82) is 0 Å². The van der Waals surface area contributed by atoms with E-state index in [0.29, 0.717) is 18.0 Å². The van der Waals surface area contributed by atoms with Gasteiger partial charge in [-0.05, 0) is 30.3 Å². The van der Waals surface area contributed by atoms with Gasteiger partial charge in [0.25, 0.3) is 0 Å². The summed E-state index contributed by atoms with van der Waals surface area (Å²) in [6.07, 6.45) is 2.53. The molecule has 0 aromatic heterocycles. The fourth-order valence-corrected chi connectivity index (χ4v) is 3.21. The summed E-state index contributed by atoms with van der Waals surface area (Å²) in [5, 5.41) is 2.36. The molecule has 9 heteroatoms. The fourth-order valence-electron chi connectivity index (χ4n) is 2.19. The average Bonchev–Trinajstić information content (AvgIpc) is 2.60. The highest BCUT2D eigenvalue weighted by Gasteiger charge is 2.22. The van der Waals surface area contributed by atoms with Crippen molar-refractivity contribution in [2.24, 2.45) is 0 Å². The molecule has 1 amide bonds. The van der Waals surface area contributed by atoms with E-state index in [-0.39, 0.29) is 10.7 Å². The second kappa shape index (κ2) is 8.88. The molecular weight excluding hydrogens is 395 g/mol. The van der Waals surface area contributed by atoms with Gasteiger partial charge in [-0.1, -0.05) is 30.3 Å². The molecule has 2 aromatic carbocycles. The Hall–Kier alpha value is -2.58. The van der Waals surface area contributed by atoms with E-state index in [1.165, 1.54) is 6.07 Å². The number of hydrogen-bond donors (Lipinski definition) is 1. The summed E-state index contributed by atoms with van der Waals surface area (Å²) in [7, 11) is -3.80. The summed E-state index contributed by atoms with van der Waals surface area (Å²) < 4.78 is 43.7. The van der Waals surface area contributed by atoms with Crippen LogP contribution in [0.4, 0.5) is 15.8 Å². The fraction of sp³-hybridized carbons (Fsp3) is 0.167. The average molecular weight is 413 g/mol. The maximum absolute atomic E-state index is 13.3. The Morgan fingerprint density at radius 1 is 1.33 bits per heavy atom. The summed E-state index contributed by atoms with van der Waals surface area (Å²) in [5.41, 5.74) is 0.522. The number of carbonyl (C=O) groups excluding carboxylic acids is 1. The van der Waals surface area contributed by atoms with E-state index in [1.807, 2.05) is 0 Å². The van der Waals surface area contributed by atoms with Crippen LogP contribution in [0.2, 0.25) is 5.02 Å². The van der Waals surface area contributed by atoms with Crippen LogP contribution in [0.25, 0.3) is 0 Å². The molecule has 144 valence electrons. The lowest BCUT2D eigenvalue weighted by Crippen LogP contribution is -2.37. The molecule has 27 heavy (non-hydrogen) atoms. The predicted molar refractivity (Wildman–Crippen MR) is 104 cm³/mol. The second-order valence-corrected chi connectivity index (χ2v) is 7.86. The highest BCUT2D eigenvalue weighted by Crippen LogP contribution is 2.24. The number of ether oxygens (including phenoxy) is 1. The quantitative estimate of drug-likeness (QED) is 0.674. The summed E-state index contributed by atoms with van der Waals surface area (Å²) >= 11 is 5.72. The number of anilines is 2. The third-order valence-corrected chi connectivity index (χ3v) is 4.79. The van der Waals surface area contributed by atoms with Crippen molar-refractivity contribution < 1.29 is 22.3 Å². The Morgan fingerprint density at radius 2 is 2.07 bits per heavy atom. The molecule has 0 spiro atoms. The number of nitrogens with zero attached hydrogens (tertiary/aromatic N) is 1. The van der Waals surface area contributed by atoms with Gasteiger partial charge in [0.15, 0.2) is 0 Å². The third-order valence-electron chi connectivity index (χ3n) is 3.36. The molecular formula is C18H18ClFN2O4S. The van der Waals surface area contributed by atoms with Crippen LogP contribution >= 0.6 is 11.6 Å². The molecule has 6 nitrogen and oxygen atoms in total. The number of nitrogens with one attached hydrogen (secondary N) is 1. The summed E-state index contributed by atoms with van der Waals surface area (Å²) in [6, 6.07) is 10.0. The molecule has 0 aliphatic heterocycles. The Labute approximate surface area is 162 Å². The summed E-state index contributed by atoms with van der Waals surface area (Å²) in [4.78, 5) is 12.3. The van der Waals surface area contributed by atoms with E-state index < -0.39 is 28.3 Å². The zero-order valence-electron chi connectivity index (χ0n) is 14.5. The number of benzene rings is 2. The number of halogens is 2. The number of sulfonamides is 1. The first-order chi connectivity index (χ1) is 12.7. The Kier molecular flexibility index (Phi) is 6.81. The van der Waals surface area contributed by atoms with Crippen molar-refractivity contribution >= 4 is 38.9 Å². The second-order valence-electron chi connectivity index (χ2n) is 5.54. The van der Waals surface area contributed by atoms with Crippen LogP contribution in [0.5, 0.6) is 5.75 Å². The topological polar surface area (TPSA) is 75.7 Å². The maximum atomic E-state index is 13.3. The van der Waals surface area contributed by atoms with Crippen molar-refractivity contribution in [2.45, 2.75) is 0 Å². The molecule has 0 aliphatic rings. The minimum absolute atomic E-state index is 0.0853. The van der Waals surface area contributed by atoms with Gasteiger partial charge >= 0.3 is 0 Å². The van der Waals surface area contributed by atoms with Crippen molar-refractivity contribution in [3.8, 4) is 5.75 Å². The van der Waals surface area contributed by atoms with Crippen LogP contribution in [0.1, 0.15) is 0 Å². The van der Waals surface area contributed by atoms with E-state index in [2.05, 4.69) is 11.9 Å². The normalized spacial score (nSPS) is 10.9. The highest BCUT2D eigenvalue weighted by atomic mass is 35.5. The third kappa shape index (κ3) is 5.97. The zero-order valence-corrected chi connectivity index (χ0v) is 16.1. The van der Waals surface area contributed by atoms with Crippen molar-refractivity contribution in [3.05, 3.63) is 66.0 Å². The van der Waals surface area contributed by atoms with Gasteiger partial charge in [-0.25, -0.2) is 12.8 Å². The van der Waals surface area contributed by atoms with Gasteiger partial charge in [0.1, 0.15) is 24.7 Å². The molecule has 0 unspecified atom stereocenters. The standard InChI is InChI=1S/C18H18ClFN2O4S/c1-3-9-26-15-6-4-5-13(10-15)21-18(23)12-22(27(2,24)25)14-7-8-17(20)16(19)11-14/h3-8,10-11H,1,9,12H2,2H3,(H,21,23). The molecule has 0 heterocycles. The Morgan fingerprint density at radius 3 is 2.70 bits per heavy atom. The van der Waals surface area contributed by atoms with E-state index in [0.717, 1.165) is 22.7 Å². The van der Waals surface area contributed by atoms with Crippen molar-refractivity contribution in [1.82, 2.24) is 0 Å². The number of amides is 1. The van der Waals surface area contributed by atoms with Gasteiger partial charge in [-0.2, -0.15) is 0 Å². The molecule has 0 saturated carbocycles. The number of rotatable bonds is 8. The first-order valence-corrected chi connectivity index (χ1v) is 9.99. The van der Waals surface area contributed by atoms with Crippen molar-refractivity contribution in [2.75, 3.05) is 29.0 Å². The van der Waals surface area contributed by atoms with Crippen LogP contribution in [0.15, 0.2) is 55.1 Å². The van der Waals surface area contributed by atoms with Crippen LogP contribution in [-0.4, -0.2) is 33.7 Å². The number of hydrogen-bond acceptors (Lipinski definition) is 4. The SMILES string of the molecule is C=CCOc1cccc(NC(=O)CN(c2ccc(F)c(Cl)c2)S(C)(=O)=O)c1. The zero-order chi connectivity index (χ0) is 20.0. The first-order valence-electron chi connectivity index (χ1n) is 7.77. The lowest BCUT2D eigenvalue weighted by molar-refractivity contribution is -0.114. The molecule has 2 aromatic rings. The van der Waals surface area contributed by atoms with Gasteiger partial charge in [-0.15, -0.1) is 0 Å². The monoisotopic (exact) mass is 412 g/mol. The van der Waals surface area contributed by atoms with Crippen LogP contribution in [0.3, 0.4) is 0 Å². The minimum atomic E-state index is -3.80. The molecule has 0 atom stereocenters. The highest BCUT2D eigenvalue weighted by molar-refractivity contribution is 7.92. The molecule has 2 rings (SSSR count).